The molecule has 0 atom stereocenters. The predicted octanol–water partition coefficient (Wildman–Crippen LogP) is 6.99. The zero-order valence-electron chi connectivity index (χ0n) is 23.9. The number of nitrogens with one attached hydrogen (secondary N) is 1. The van der Waals surface area contributed by atoms with E-state index in [2.05, 4.69) is 44.5 Å². The van der Waals surface area contributed by atoms with Crippen LogP contribution in [0.1, 0.15) is 0 Å². The molecule has 5 N–H and O–H groups in total. The fraction of sp³-hybridized carbons (Fsp3) is 0.0714. The Labute approximate surface area is 265 Å². The second-order valence-electron chi connectivity index (χ2n) is 9.05. The van der Waals surface area contributed by atoms with Gasteiger partial charge in [0.2, 0.25) is 5.95 Å². The van der Waals surface area contributed by atoms with E-state index in [4.69, 9.17) is 20.5 Å². The van der Waals surface area contributed by atoms with E-state index < -0.39 is 10.0 Å². The first kappa shape index (κ1) is 32.0. The minimum Gasteiger partial charge on any atom is -0.505 e. The van der Waals surface area contributed by atoms with Crippen LogP contribution in [0.4, 0.5) is 34.4 Å². The molecule has 0 amide bonds. The monoisotopic (exact) mass is 664 g/mol. The number of nitrogens with two attached hydrogens (primary N) is 1. The second kappa shape index (κ2) is 14.1. The molecule has 0 spiro atoms. The summed E-state index contributed by atoms with van der Waals surface area (Å²) in [5.74, 6) is 0.200. The number of hydrogen-bond donors (Lipinski definition) is 4. The lowest BCUT2D eigenvalue weighted by molar-refractivity contribution is -0.432. The lowest BCUT2D eigenvalue weighted by Gasteiger charge is -2.11. The highest BCUT2D eigenvalue weighted by molar-refractivity contribution is 7.94. The van der Waals surface area contributed by atoms with Crippen LogP contribution >= 0.6 is 12.0 Å². The van der Waals surface area contributed by atoms with Crippen LogP contribution in [0.3, 0.4) is 0 Å². The molecule has 16 nitrogen and oxygen atoms in total. The summed E-state index contributed by atoms with van der Waals surface area (Å²) in [5.41, 5.74) is 7.16. The lowest BCUT2D eigenvalue weighted by Crippen LogP contribution is -2.14. The number of sulfonamides is 1. The average molecular weight is 665 g/mol. The molecule has 0 saturated heterocycles. The largest absolute Gasteiger partial charge is 0.505 e. The SMILES string of the molecule is COc1cc(N=Nc2c(SOOO)cc3ccc(N)cc3c2O)c(OC)cc1N=Nc1ccc(S(=O)(=O)Nc2ncccn2)cc1. The fourth-order valence-electron chi connectivity index (χ4n) is 4.03. The maximum atomic E-state index is 12.6. The first-order chi connectivity index (χ1) is 22.2. The molecule has 5 aromatic rings. The first-order valence-corrected chi connectivity index (χ1v) is 15.1. The van der Waals surface area contributed by atoms with Gasteiger partial charge in [0.1, 0.15) is 28.6 Å². The third-order valence-electron chi connectivity index (χ3n) is 6.18. The predicted molar refractivity (Wildman–Crippen MR) is 168 cm³/mol. The zero-order chi connectivity index (χ0) is 32.7. The minimum atomic E-state index is -3.92. The van der Waals surface area contributed by atoms with Gasteiger partial charge in [-0.15, -0.1) is 19.7 Å². The van der Waals surface area contributed by atoms with Crippen molar-refractivity contribution in [2.45, 2.75) is 9.79 Å². The topological polar surface area (TPSA) is 225 Å². The normalized spacial score (nSPS) is 11.8. The smallest absolute Gasteiger partial charge is 0.264 e. The van der Waals surface area contributed by atoms with Gasteiger partial charge < -0.3 is 20.3 Å². The van der Waals surface area contributed by atoms with E-state index in [1.165, 1.54) is 63.0 Å². The molecular formula is C28H24N8O8S2. The van der Waals surface area contributed by atoms with Crippen LogP contribution in [0.5, 0.6) is 17.2 Å². The summed E-state index contributed by atoms with van der Waals surface area (Å²) in [6.07, 6.45) is 2.83. The van der Waals surface area contributed by atoms with Gasteiger partial charge in [-0.3, -0.25) is 0 Å². The van der Waals surface area contributed by atoms with Crippen LogP contribution in [0.2, 0.25) is 0 Å². The Morgan fingerprint density at radius 3 is 2.15 bits per heavy atom. The Hall–Kier alpha value is -5.40. The first-order valence-electron chi connectivity index (χ1n) is 12.9. The number of azo groups is 2. The Bertz CT molecular complexity index is 2030. The number of phenols is 1. The number of methoxy groups -OCH3 is 2. The lowest BCUT2D eigenvalue weighted by atomic mass is 10.1. The van der Waals surface area contributed by atoms with E-state index >= 15 is 0 Å². The van der Waals surface area contributed by atoms with Gasteiger partial charge in [-0.05, 0) is 53.9 Å². The number of hydrogen-bond acceptors (Lipinski definition) is 16. The van der Waals surface area contributed by atoms with Crippen molar-refractivity contribution in [2.75, 3.05) is 24.7 Å². The zero-order valence-corrected chi connectivity index (χ0v) is 25.6. The van der Waals surface area contributed by atoms with E-state index in [1.54, 1.807) is 30.3 Å². The molecule has 0 fully saturated rings. The Morgan fingerprint density at radius 1 is 0.870 bits per heavy atom. The number of ether oxygens (including phenoxy) is 2. The number of aromatic hydroxyl groups is 1. The number of nitrogens with zero attached hydrogens (tertiary/aromatic N) is 6. The van der Waals surface area contributed by atoms with Crippen molar-refractivity contribution >= 4 is 67.2 Å². The van der Waals surface area contributed by atoms with Crippen molar-refractivity contribution in [3.8, 4) is 17.2 Å². The van der Waals surface area contributed by atoms with Crippen LogP contribution in [0.25, 0.3) is 10.8 Å². The van der Waals surface area contributed by atoms with E-state index in [-0.39, 0.29) is 50.1 Å². The van der Waals surface area contributed by atoms with Gasteiger partial charge in [0, 0.05) is 35.6 Å². The van der Waals surface area contributed by atoms with Crippen LogP contribution < -0.4 is 19.9 Å². The summed E-state index contributed by atoms with van der Waals surface area (Å²) in [4.78, 5) is 7.97. The maximum absolute atomic E-state index is 12.6. The van der Waals surface area contributed by atoms with Gasteiger partial charge in [0.15, 0.2) is 5.75 Å². The summed E-state index contributed by atoms with van der Waals surface area (Å²) in [6.45, 7) is 0. The second-order valence-corrected chi connectivity index (χ2v) is 11.5. The van der Waals surface area contributed by atoms with Crippen LogP contribution in [-0.2, 0) is 19.4 Å². The molecule has 1 heterocycles. The van der Waals surface area contributed by atoms with Crippen molar-refractivity contribution in [1.29, 1.82) is 0 Å². The fourth-order valence-corrected chi connectivity index (χ4v) is 5.48. The molecular weight excluding hydrogens is 640 g/mol. The highest BCUT2D eigenvalue weighted by atomic mass is 32.2. The summed E-state index contributed by atoms with van der Waals surface area (Å²) in [5, 5.41) is 41.3. The minimum absolute atomic E-state index is 0.00175. The van der Waals surface area contributed by atoms with Gasteiger partial charge in [0.05, 0.1) is 41.7 Å². The highest BCUT2D eigenvalue weighted by Gasteiger charge is 2.18. The molecule has 5 rings (SSSR count). The third kappa shape index (κ3) is 7.28. The number of benzene rings is 4. The molecule has 0 aliphatic rings. The molecule has 0 saturated carbocycles. The summed E-state index contributed by atoms with van der Waals surface area (Å²) >= 11 is 0.599. The van der Waals surface area contributed by atoms with Crippen molar-refractivity contribution in [3.05, 3.63) is 79.1 Å². The molecule has 18 heteroatoms. The van der Waals surface area contributed by atoms with Crippen molar-refractivity contribution in [2.24, 2.45) is 20.5 Å². The Morgan fingerprint density at radius 2 is 1.52 bits per heavy atom. The quantitative estimate of drug-likeness (QED) is 0.0348. The summed E-state index contributed by atoms with van der Waals surface area (Å²) in [6, 6.07) is 16.8. The summed E-state index contributed by atoms with van der Waals surface area (Å²) in [7, 11) is -1.08. The third-order valence-corrected chi connectivity index (χ3v) is 8.14. The number of phenolic OH excluding ortho intramolecular Hbond substituents is 1. The molecule has 0 radical (unpaired) electrons. The van der Waals surface area contributed by atoms with Gasteiger partial charge in [-0.25, -0.2) is 28.4 Å². The molecule has 46 heavy (non-hydrogen) atoms. The summed E-state index contributed by atoms with van der Waals surface area (Å²) < 4.78 is 43.1. The van der Waals surface area contributed by atoms with Gasteiger partial charge in [-0.1, -0.05) is 11.1 Å². The number of anilines is 2. The molecule has 0 aliphatic heterocycles. The molecule has 1 aromatic heterocycles. The van der Waals surface area contributed by atoms with Gasteiger partial charge in [-0.2, -0.15) is 5.11 Å². The van der Waals surface area contributed by atoms with Crippen LogP contribution in [0, 0.1) is 0 Å². The molecule has 0 unspecified atom stereocenters. The van der Waals surface area contributed by atoms with Gasteiger partial charge in [0.25, 0.3) is 10.0 Å². The highest BCUT2D eigenvalue weighted by Crippen LogP contribution is 2.46. The van der Waals surface area contributed by atoms with E-state index in [1.807, 2.05) is 0 Å². The number of rotatable bonds is 12. The van der Waals surface area contributed by atoms with Crippen LogP contribution in [-0.4, -0.2) is 43.0 Å². The number of nitrogen functional groups attached to an aromatic ring is 1. The van der Waals surface area contributed by atoms with Crippen LogP contribution in [0.15, 0.2) is 109 Å². The van der Waals surface area contributed by atoms with Crippen molar-refractivity contribution in [3.63, 3.8) is 0 Å². The maximum Gasteiger partial charge on any atom is 0.264 e. The number of fused-ring (bicyclic) bond motifs is 1. The molecule has 236 valence electrons. The molecule has 0 aliphatic carbocycles. The van der Waals surface area contributed by atoms with E-state index in [9.17, 15) is 13.5 Å². The van der Waals surface area contributed by atoms with E-state index in [0.29, 0.717) is 34.2 Å². The number of aromatic nitrogens is 2. The van der Waals surface area contributed by atoms with E-state index in [0.717, 1.165) is 0 Å². The molecule has 0 bridgehead atoms. The van der Waals surface area contributed by atoms with Gasteiger partial charge >= 0.3 is 0 Å². The standard InChI is InChI=1S/C28H24N8O8S2/c1-41-23-15-22(34-35-26-25(45-44-43-38)12-16-4-5-17(29)13-20(16)27(26)37)24(42-2)14-21(23)33-32-18-6-8-19(9-7-18)46(39,40)36-28-30-10-3-11-31-28/h3-15,37-38H,29H2,1-2H3,(H,30,31,36). The van der Waals surface area contributed by atoms with Crippen molar-refractivity contribution < 1.29 is 37.6 Å². The molecule has 4 aromatic carbocycles. The Kier molecular flexibility index (Phi) is 9.84. The Balaban J connectivity index is 1.42. The van der Waals surface area contributed by atoms with Crippen molar-refractivity contribution in [1.82, 2.24) is 9.97 Å². The average Bonchev–Trinajstić information content (AvgIpc) is 3.06.